The number of piperidine rings is 2. The molecule has 2 aromatic rings. The Morgan fingerprint density at radius 3 is 2.78 bits per heavy atom. The first-order chi connectivity index (χ1) is 13.2. The third-order valence-corrected chi connectivity index (χ3v) is 7.13. The Hall–Kier alpha value is -1.50. The molecule has 1 amide bonds. The maximum Gasteiger partial charge on any atom is 0.234 e. The highest BCUT2D eigenvalue weighted by atomic mass is 32.1. The molecule has 2 aliphatic rings. The van der Waals surface area contributed by atoms with Gasteiger partial charge in [0.2, 0.25) is 5.91 Å². The lowest BCUT2D eigenvalue weighted by molar-refractivity contribution is -0.123. The lowest BCUT2D eigenvalue weighted by atomic mass is 9.98. The normalized spacial score (nSPS) is 22.9. The molecule has 1 N–H and O–H groups in total. The van der Waals surface area contributed by atoms with Gasteiger partial charge in [-0.15, -0.1) is 11.3 Å². The maximum absolute atomic E-state index is 12.5. The van der Waals surface area contributed by atoms with Gasteiger partial charge in [0.15, 0.2) is 0 Å². The molecule has 6 heteroatoms. The van der Waals surface area contributed by atoms with Crippen LogP contribution in [0.4, 0.5) is 0 Å². The highest BCUT2D eigenvalue weighted by Crippen LogP contribution is 2.32. The Morgan fingerprint density at radius 2 is 2.00 bits per heavy atom. The van der Waals surface area contributed by atoms with E-state index < -0.39 is 0 Å². The number of hydrogen-bond acceptors (Lipinski definition) is 5. The third-order valence-electron chi connectivity index (χ3n) is 5.93. The molecule has 2 saturated heterocycles. The number of carbonyl (C=O) groups is 1. The molecule has 2 fully saturated rings. The average Bonchev–Trinajstić information content (AvgIpc) is 3.13. The summed E-state index contributed by atoms with van der Waals surface area (Å²) in [5.41, 5.74) is 1.10. The number of benzene rings is 1. The topological polar surface area (TPSA) is 48.5 Å². The zero-order chi connectivity index (χ0) is 18.6. The maximum atomic E-state index is 12.5. The van der Waals surface area contributed by atoms with Crippen LogP contribution in [0.5, 0.6) is 0 Å². The van der Waals surface area contributed by atoms with Crippen molar-refractivity contribution in [1.82, 2.24) is 20.1 Å². The van der Waals surface area contributed by atoms with Gasteiger partial charge in [0.25, 0.3) is 0 Å². The molecule has 146 valence electrons. The number of likely N-dealkylation sites (tertiary alicyclic amines) is 2. The molecule has 0 bridgehead atoms. The summed E-state index contributed by atoms with van der Waals surface area (Å²) < 4.78 is 1.26. The second-order valence-electron chi connectivity index (χ2n) is 7.87. The average molecular weight is 387 g/mol. The predicted octanol–water partition coefficient (Wildman–Crippen LogP) is 3.08. The number of carbonyl (C=O) groups excluding carboxylic acids is 1. The number of thiazole rings is 1. The number of amides is 1. The van der Waals surface area contributed by atoms with Crippen LogP contribution in [0.3, 0.4) is 0 Å². The lowest BCUT2D eigenvalue weighted by Gasteiger charge is -2.33. The van der Waals surface area contributed by atoms with E-state index in [2.05, 4.69) is 40.2 Å². The fourth-order valence-corrected chi connectivity index (χ4v) is 5.43. The number of fused-ring (bicyclic) bond motifs is 1. The van der Waals surface area contributed by atoms with E-state index in [0.717, 1.165) is 57.5 Å². The van der Waals surface area contributed by atoms with Gasteiger partial charge in [0, 0.05) is 31.6 Å². The molecule has 5 nitrogen and oxygen atoms in total. The van der Waals surface area contributed by atoms with Crippen molar-refractivity contribution in [2.75, 3.05) is 39.3 Å². The van der Waals surface area contributed by atoms with Gasteiger partial charge in [0.1, 0.15) is 0 Å². The van der Waals surface area contributed by atoms with E-state index in [-0.39, 0.29) is 5.91 Å². The van der Waals surface area contributed by atoms with Gasteiger partial charge in [-0.05, 0) is 50.9 Å². The van der Waals surface area contributed by atoms with Gasteiger partial charge in [-0.3, -0.25) is 9.69 Å². The van der Waals surface area contributed by atoms with Crippen molar-refractivity contribution in [3.63, 3.8) is 0 Å². The highest BCUT2D eigenvalue weighted by Gasteiger charge is 2.26. The molecule has 1 atom stereocenters. The minimum absolute atomic E-state index is 0.190. The van der Waals surface area contributed by atoms with Crippen LogP contribution in [-0.4, -0.2) is 66.0 Å². The van der Waals surface area contributed by atoms with Gasteiger partial charge in [-0.1, -0.05) is 19.1 Å². The van der Waals surface area contributed by atoms with E-state index >= 15 is 0 Å². The Balaban J connectivity index is 1.30. The summed E-state index contributed by atoms with van der Waals surface area (Å²) in [4.78, 5) is 22.2. The largest absolute Gasteiger partial charge is 0.352 e. The minimum atomic E-state index is 0.190. The van der Waals surface area contributed by atoms with E-state index in [4.69, 9.17) is 4.98 Å². The van der Waals surface area contributed by atoms with Gasteiger partial charge in [-0.2, -0.15) is 0 Å². The lowest BCUT2D eigenvalue weighted by Crippen LogP contribution is -2.48. The second-order valence-corrected chi connectivity index (χ2v) is 8.93. The first kappa shape index (κ1) is 18.8. The van der Waals surface area contributed by atoms with Crippen LogP contribution in [0, 0.1) is 0 Å². The van der Waals surface area contributed by atoms with Crippen LogP contribution in [0.1, 0.15) is 43.5 Å². The highest BCUT2D eigenvalue weighted by molar-refractivity contribution is 7.18. The molecule has 1 aromatic heterocycles. The van der Waals surface area contributed by atoms with Crippen molar-refractivity contribution in [3.05, 3.63) is 29.3 Å². The van der Waals surface area contributed by atoms with E-state index in [1.165, 1.54) is 16.1 Å². The van der Waals surface area contributed by atoms with E-state index in [1.54, 1.807) is 0 Å². The van der Waals surface area contributed by atoms with E-state index in [0.29, 0.717) is 18.5 Å². The third kappa shape index (κ3) is 4.68. The Bertz CT molecular complexity index is 735. The quantitative estimate of drug-likeness (QED) is 0.858. The summed E-state index contributed by atoms with van der Waals surface area (Å²) in [5.74, 6) is 0.645. The van der Waals surface area contributed by atoms with Crippen molar-refractivity contribution in [3.8, 4) is 0 Å². The molecule has 1 aromatic carbocycles. The Labute approximate surface area is 165 Å². The Kier molecular flexibility index (Phi) is 6.05. The number of hydrogen-bond donors (Lipinski definition) is 1. The molecular weight excluding hydrogens is 356 g/mol. The zero-order valence-electron chi connectivity index (χ0n) is 16.2. The van der Waals surface area contributed by atoms with Crippen molar-refractivity contribution in [2.45, 2.75) is 44.6 Å². The minimum Gasteiger partial charge on any atom is -0.352 e. The SMILES string of the molecule is CCN1CCC(NC(=O)CN2CCC[C@H](c3nc4ccccc4s3)C2)CC1. The fourth-order valence-electron chi connectivity index (χ4n) is 4.34. The first-order valence-electron chi connectivity index (χ1n) is 10.3. The predicted molar refractivity (Wildman–Crippen MR) is 111 cm³/mol. The number of para-hydroxylation sites is 1. The molecule has 4 rings (SSSR count). The van der Waals surface area contributed by atoms with Crippen LogP contribution in [0.15, 0.2) is 24.3 Å². The molecule has 2 aliphatic heterocycles. The van der Waals surface area contributed by atoms with Crippen molar-refractivity contribution < 1.29 is 4.79 Å². The molecular formula is C21H30N4OS. The Morgan fingerprint density at radius 1 is 1.19 bits per heavy atom. The van der Waals surface area contributed by atoms with Crippen LogP contribution >= 0.6 is 11.3 Å². The number of nitrogens with one attached hydrogen (secondary N) is 1. The van der Waals surface area contributed by atoms with Crippen LogP contribution < -0.4 is 5.32 Å². The number of nitrogens with zero attached hydrogens (tertiary/aromatic N) is 3. The summed E-state index contributed by atoms with van der Waals surface area (Å²) in [6, 6.07) is 8.72. The van der Waals surface area contributed by atoms with Crippen molar-refractivity contribution in [1.29, 1.82) is 0 Å². The van der Waals surface area contributed by atoms with Gasteiger partial charge in [-0.25, -0.2) is 4.98 Å². The monoisotopic (exact) mass is 386 g/mol. The van der Waals surface area contributed by atoms with Crippen molar-refractivity contribution >= 4 is 27.5 Å². The zero-order valence-corrected chi connectivity index (χ0v) is 17.0. The molecule has 0 aliphatic carbocycles. The van der Waals surface area contributed by atoms with Crippen molar-refractivity contribution in [2.24, 2.45) is 0 Å². The van der Waals surface area contributed by atoms with Gasteiger partial charge < -0.3 is 10.2 Å². The molecule has 27 heavy (non-hydrogen) atoms. The molecule has 0 unspecified atom stereocenters. The summed E-state index contributed by atoms with van der Waals surface area (Å²) in [5, 5.41) is 4.50. The first-order valence-corrected chi connectivity index (χ1v) is 11.1. The van der Waals surface area contributed by atoms with Crippen LogP contribution in [0.25, 0.3) is 10.2 Å². The number of aromatic nitrogens is 1. The van der Waals surface area contributed by atoms with Gasteiger partial charge >= 0.3 is 0 Å². The van der Waals surface area contributed by atoms with Crippen LogP contribution in [-0.2, 0) is 4.79 Å². The van der Waals surface area contributed by atoms with E-state index in [9.17, 15) is 4.79 Å². The standard InChI is InChI=1S/C21H30N4OS/c1-2-24-12-9-17(10-13-24)22-20(26)15-25-11-5-6-16(14-25)21-23-18-7-3-4-8-19(18)27-21/h3-4,7-8,16-17H,2,5-6,9-15H2,1H3,(H,22,26)/t16-/m0/s1. The van der Waals surface area contributed by atoms with E-state index in [1.807, 2.05) is 17.4 Å². The van der Waals surface area contributed by atoms with Gasteiger partial charge in [0.05, 0.1) is 21.8 Å². The summed E-state index contributed by atoms with van der Waals surface area (Å²) in [6.45, 7) is 8.01. The summed E-state index contributed by atoms with van der Waals surface area (Å²) >= 11 is 1.81. The smallest absolute Gasteiger partial charge is 0.234 e. The van der Waals surface area contributed by atoms with Crippen LogP contribution in [0.2, 0.25) is 0 Å². The molecule has 0 radical (unpaired) electrons. The summed E-state index contributed by atoms with van der Waals surface area (Å²) in [6.07, 6.45) is 4.47. The molecule has 0 saturated carbocycles. The second kappa shape index (κ2) is 8.67. The molecule has 0 spiro atoms. The molecule has 3 heterocycles. The fraction of sp³-hybridized carbons (Fsp3) is 0.619. The summed E-state index contributed by atoms with van der Waals surface area (Å²) in [7, 11) is 0. The number of rotatable bonds is 5.